The van der Waals surface area contributed by atoms with Crippen LogP contribution in [0.25, 0.3) is 6.08 Å². The fourth-order valence-corrected chi connectivity index (χ4v) is 3.88. The van der Waals surface area contributed by atoms with Gasteiger partial charge in [-0.15, -0.1) is 0 Å². The van der Waals surface area contributed by atoms with E-state index in [1.165, 1.54) is 39.5 Å². The van der Waals surface area contributed by atoms with E-state index in [2.05, 4.69) is 4.99 Å². The van der Waals surface area contributed by atoms with Gasteiger partial charge in [0.15, 0.2) is 11.5 Å². The average molecular weight is 442 g/mol. The van der Waals surface area contributed by atoms with Crippen LogP contribution in [0.4, 0.5) is 11.4 Å². The summed E-state index contributed by atoms with van der Waals surface area (Å²) >= 11 is 1.03. The van der Waals surface area contributed by atoms with Crippen LogP contribution in [0.2, 0.25) is 0 Å². The van der Waals surface area contributed by atoms with E-state index in [-0.39, 0.29) is 27.8 Å². The van der Waals surface area contributed by atoms with E-state index in [1.54, 1.807) is 30.3 Å². The predicted octanol–water partition coefficient (Wildman–Crippen LogP) is 4.42. The number of aliphatic hydroxyl groups is 1. The van der Waals surface area contributed by atoms with Crippen LogP contribution in [0.15, 0.2) is 63.7 Å². The summed E-state index contributed by atoms with van der Waals surface area (Å²) in [6.07, 6.45) is 1.63. The molecule has 0 amide bonds. The number of thioether (sulfide) groups is 1. The molecule has 1 heterocycles. The number of para-hydroxylation sites is 1. The summed E-state index contributed by atoms with van der Waals surface area (Å²) in [7, 11) is 4.19. The number of nitro groups is 1. The monoisotopic (exact) mass is 442 g/mol. The van der Waals surface area contributed by atoms with Crippen molar-refractivity contribution in [3.63, 3.8) is 0 Å². The molecule has 1 N–H and O–H groups in total. The van der Waals surface area contributed by atoms with Gasteiger partial charge >= 0.3 is 5.97 Å². The Balaban J connectivity index is 2.10. The molecule has 0 saturated carbocycles. The van der Waals surface area contributed by atoms with Crippen molar-refractivity contribution in [1.82, 2.24) is 0 Å². The maximum Gasteiger partial charge on any atom is 0.344 e. The van der Waals surface area contributed by atoms with Gasteiger partial charge in [0.2, 0.25) is 0 Å². The number of ether oxygens (including phenoxy) is 3. The van der Waals surface area contributed by atoms with Gasteiger partial charge in [-0.2, -0.15) is 0 Å². The Labute approximate surface area is 181 Å². The van der Waals surface area contributed by atoms with Crippen LogP contribution >= 0.6 is 11.8 Å². The van der Waals surface area contributed by atoms with Crippen molar-refractivity contribution in [2.45, 2.75) is 0 Å². The molecule has 0 atom stereocenters. The zero-order valence-corrected chi connectivity index (χ0v) is 17.6. The van der Waals surface area contributed by atoms with Crippen molar-refractivity contribution in [3.05, 3.63) is 74.4 Å². The van der Waals surface area contributed by atoms with Gasteiger partial charge in [-0.3, -0.25) is 10.1 Å². The Morgan fingerprint density at radius 2 is 1.90 bits per heavy atom. The van der Waals surface area contributed by atoms with Crippen LogP contribution in [-0.2, 0) is 9.53 Å². The largest absolute Gasteiger partial charge is 0.506 e. The molecule has 31 heavy (non-hydrogen) atoms. The van der Waals surface area contributed by atoms with E-state index in [0.717, 1.165) is 11.8 Å². The van der Waals surface area contributed by atoms with Crippen LogP contribution in [0, 0.1) is 10.1 Å². The standard InChI is InChI=1S/C21H18N2O7S/c1-28-15-9-4-6-12(19(15)29-2)10-16-18(24)17(21(25)30-3)20(31-16)22-13-7-5-8-14(11-13)23(26)27/h4-11,24H,1-3H3/b16-10+,22-20?. The summed E-state index contributed by atoms with van der Waals surface area (Å²) in [5.74, 6) is -0.141. The minimum absolute atomic E-state index is 0.132. The van der Waals surface area contributed by atoms with E-state index >= 15 is 0 Å². The predicted molar refractivity (Wildman–Crippen MR) is 117 cm³/mol. The minimum atomic E-state index is -0.782. The second-order valence-corrected chi connectivity index (χ2v) is 7.13. The molecule has 160 valence electrons. The van der Waals surface area contributed by atoms with Gasteiger partial charge in [0.05, 0.1) is 36.8 Å². The van der Waals surface area contributed by atoms with E-state index in [1.807, 2.05) is 0 Å². The SMILES string of the molecule is COC(=O)C1=C(O)/C(=C\c2cccc(OC)c2OC)SC1=Nc1cccc([N+](=O)[O-])c1. The second kappa shape index (κ2) is 9.35. The van der Waals surface area contributed by atoms with Gasteiger partial charge in [-0.05, 0) is 18.2 Å². The lowest BCUT2D eigenvalue weighted by molar-refractivity contribution is -0.384. The van der Waals surface area contributed by atoms with E-state index in [9.17, 15) is 20.0 Å². The summed E-state index contributed by atoms with van der Waals surface area (Å²) in [4.78, 5) is 27.5. The third-order valence-electron chi connectivity index (χ3n) is 4.27. The Morgan fingerprint density at radius 3 is 2.55 bits per heavy atom. The summed E-state index contributed by atoms with van der Waals surface area (Å²) in [5, 5.41) is 21.9. The van der Waals surface area contributed by atoms with Crippen molar-refractivity contribution in [1.29, 1.82) is 0 Å². The molecule has 10 heteroatoms. The Hall–Kier alpha value is -3.79. The molecular weight excluding hydrogens is 424 g/mol. The number of nitro benzene ring substituents is 1. The highest BCUT2D eigenvalue weighted by Gasteiger charge is 2.33. The van der Waals surface area contributed by atoms with Gasteiger partial charge in [-0.25, -0.2) is 9.79 Å². The first-order valence-electron chi connectivity index (χ1n) is 8.85. The van der Waals surface area contributed by atoms with Gasteiger partial charge in [0.1, 0.15) is 16.4 Å². The first-order valence-corrected chi connectivity index (χ1v) is 9.67. The van der Waals surface area contributed by atoms with Crippen molar-refractivity contribution < 1.29 is 29.0 Å². The quantitative estimate of drug-likeness (QED) is 0.397. The molecule has 1 aliphatic heterocycles. The second-order valence-electron chi connectivity index (χ2n) is 6.10. The van der Waals surface area contributed by atoms with Crippen LogP contribution < -0.4 is 9.47 Å². The normalized spacial score (nSPS) is 16.0. The number of aliphatic imine (C=N–C) groups is 1. The molecule has 2 aromatic carbocycles. The highest BCUT2D eigenvalue weighted by Crippen LogP contribution is 2.42. The molecule has 2 aromatic rings. The highest BCUT2D eigenvalue weighted by molar-refractivity contribution is 8.18. The van der Waals surface area contributed by atoms with Crippen LogP contribution in [-0.4, -0.2) is 42.4 Å². The lowest BCUT2D eigenvalue weighted by Gasteiger charge is -2.10. The molecule has 0 radical (unpaired) electrons. The Morgan fingerprint density at radius 1 is 1.16 bits per heavy atom. The first-order chi connectivity index (χ1) is 14.9. The van der Waals surface area contributed by atoms with E-state index < -0.39 is 10.9 Å². The molecular formula is C21H18N2O7S. The number of non-ortho nitro benzene ring substituents is 1. The average Bonchev–Trinajstić information content (AvgIpc) is 3.07. The number of methoxy groups -OCH3 is 3. The van der Waals surface area contributed by atoms with Crippen LogP contribution in [0.3, 0.4) is 0 Å². The third-order valence-corrected chi connectivity index (χ3v) is 5.29. The number of esters is 1. The molecule has 0 unspecified atom stereocenters. The minimum Gasteiger partial charge on any atom is -0.506 e. The van der Waals surface area contributed by atoms with Gasteiger partial charge in [0.25, 0.3) is 5.69 Å². The van der Waals surface area contributed by atoms with Gasteiger partial charge in [-0.1, -0.05) is 30.0 Å². The highest BCUT2D eigenvalue weighted by atomic mass is 32.2. The maximum absolute atomic E-state index is 12.3. The third kappa shape index (κ3) is 4.53. The lowest BCUT2D eigenvalue weighted by atomic mass is 10.1. The van der Waals surface area contributed by atoms with Crippen molar-refractivity contribution in [2.75, 3.05) is 21.3 Å². The Bertz CT molecular complexity index is 1140. The number of hydrogen-bond donors (Lipinski definition) is 1. The number of rotatable bonds is 6. The van der Waals surface area contributed by atoms with Crippen molar-refractivity contribution >= 4 is 40.2 Å². The molecule has 0 saturated heterocycles. The van der Waals surface area contributed by atoms with Gasteiger partial charge in [0, 0.05) is 17.7 Å². The topological polar surface area (TPSA) is 120 Å². The molecule has 0 aliphatic carbocycles. The lowest BCUT2D eigenvalue weighted by Crippen LogP contribution is -2.10. The van der Waals surface area contributed by atoms with Crippen molar-refractivity contribution in [3.8, 4) is 11.5 Å². The summed E-state index contributed by atoms with van der Waals surface area (Å²) in [6, 6.07) is 10.9. The molecule has 0 bridgehead atoms. The van der Waals surface area contributed by atoms with Gasteiger partial charge < -0.3 is 19.3 Å². The van der Waals surface area contributed by atoms with Crippen LogP contribution in [0.1, 0.15) is 5.56 Å². The number of aliphatic hydroxyl groups excluding tert-OH is 1. The summed E-state index contributed by atoms with van der Waals surface area (Å²) < 4.78 is 15.5. The zero-order valence-electron chi connectivity index (χ0n) is 16.8. The number of carbonyl (C=O) groups excluding carboxylic acids is 1. The maximum atomic E-state index is 12.3. The Kier molecular flexibility index (Phi) is 6.61. The fourth-order valence-electron chi connectivity index (χ4n) is 2.85. The zero-order chi connectivity index (χ0) is 22.5. The molecule has 0 spiro atoms. The van der Waals surface area contributed by atoms with E-state index in [0.29, 0.717) is 22.0 Å². The number of hydrogen-bond acceptors (Lipinski definition) is 9. The molecule has 9 nitrogen and oxygen atoms in total. The molecule has 3 rings (SSSR count). The number of carbonyl (C=O) groups is 1. The van der Waals surface area contributed by atoms with Crippen molar-refractivity contribution in [2.24, 2.45) is 4.99 Å². The molecule has 0 fully saturated rings. The molecule has 0 aromatic heterocycles. The molecule has 1 aliphatic rings. The van der Waals surface area contributed by atoms with Crippen LogP contribution in [0.5, 0.6) is 11.5 Å². The van der Waals surface area contributed by atoms with E-state index in [4.69, 9.17) is 14.2 Å². The number of nitrogens with zero attached hydrogens (tertiary/aromatic N) is 2. The summed E-state index contributed by atoms with van der Waals surface area (Å²) in [5.41, 5.74) is 0.587. The first kappa shape index (κ1) is 21.9. The smallest absolute Gasteiger partial charge is 0.344 e. The number of benzene rings is 2. The summed E-state index contributed by atoms with van der Waals surface area (Å²) in [6.45, 7) is 0. The fraction of sp³-hybridized carbons (Fsp3) is 0.143.